The monoisotopic (exact) mass is 325 g/mol. The Labute approximate surface area is 139 Å². The van der Waals surface area contributed by atoms with E-state index in [0.717, 1.165) is 68.0 Å². The fraction of sp³-hybridized carbons (Fsp3) is 0.667. The minimum absolute atomic E-state index is 0.237. The van der Waals surface area contributed by atoms with E-state index < -0.39 is 5.60 Å². The van der Waals surface area contributed by atoms with E-state index in [1.807, 2.05) is 25.1 Å². The van der Waals surface area contributed by atoms with Crippen molar-refractivity contribution in [2.75, 3.05) is 26.8 Å². The molecule has 1 aliphatic rings. The molecular formula is C18H28ClNO2. The summed E-state index contributed by atoms with van der Waals surface area (Å²) in [5.74, 6) is 0.237. The van der Waals surface area contributed by atoms with E-state index in [9.17, 15) is 5.11 Å². The highest BCUT2D eigenvalue weighted by Crippen LogP contribution is 2.41. The Morgan fingerprint density at radius 3 is 2.91 bits per heavy atom. The van der Waals surface area contributed by atoms with E-state index in [2.05, 4.69) is 5.32 Å². The minimum atomic E-state index is -0.809. The predicted molar refractivity (Wildman–Crippen MR) is 91.4 cm³/mol. The molecule has 124 valence electrons. The Balaban J connectivity index is 2.25. The summed E-state index contributed by atoms with van der Waals surface area (Å²) in [6.07, 6.45) is 4.85. The summed E-state index contributed by atoms with van der Waals surface area (Å²) >= 11 is 6.30. The average molecular weight is 326 g/mol. The standard InChI is InChI=1S/C18H28ClNO2/c1-14-16(8-5-9-17(14)19)18(21,10-3-4-12-22-2)15-7-6-11-20-13-15/h5,8-9,15,20-21H,3-4,6-7,10-13H2,1-2H3/t15-,18+/m1/s1. The quantitative estimate of drug-likeness (QED) is 0.752. The third kappa shape index (κ3) is 4.02. The molecule has 0 aliphatic carbocycles. The molecule has 2 rings (SSSR count). The molecule has 2 atom stereocenters. The molecule has 0 unspecified atom stereocenters. The number of aliphatic hydroxyl groups is 1. The topological polar surface area (TPSA) is 41.5 Å². The lowest BCUT2D eigenvalue weighted by molar-refractivity contribution is -0.0438. The van der Waals surface area contributed by atoms with Crippen molar-refractivity contribution in [1.29, 1.82) is 0 Å². The van der Waals surface area contributed by atoms with E-state index >= 15 is 0 Å². The summed E-state index contributed by atoms with van der Waals surface area (Å²) in [5, 5.41) is 15.7. The molecule has 0 bridgehead atoms. The van der Waals surface area contributed by atoms with Crippen LogP contribution >= 0.6 is 11.6 Å². The molecule has 1 aliphatic heterocycles. The van der Waals surface area contributed by atoms with Crippen LogP contribution in [0.25, 0.3) is 0 Å². The van der Waals surface area contributed by atoms with Gasteiger partial charge in [-0.15, -0.1) is 0 Å². The van der Waals surface area contributed by atoms with E-state index in [1.165, 1.54) is 0 Å². The first kappa shape index (κ1) is 17.7. The largest absolute Gasteiger partial charge is 0.385 e. The zero-order valence-corrected chi connectivity index (χ0v) is 14.5. The molecule has 1 heterocycles. The zero-order valence-electron chi connectivity index (χ0n) is 13.7. The van der Waals surface area contributed by atoms with Crippen LogP contribution in [0.4, 0.5) is 0 Å². The van der Waals surface area contributed by atoms with Gasteiger partial charge in [0.25, 0.3) is 0 Å². The Hall–Kier alpha value is -0.610. The number of ether oxygens (including phenoxy) is 1. The molecule has 0 radical (unpaired) electrons. The van der Waals surface area contributed by atoms with Crippen molar-refractivity contribution in [3.63, 3.8) is 0 Å². The lowest BCUT2D eigenvalue weighted by atomic mass is 9.73. The number of benzene rings is 1. The minimum Gasteiger partial charge on any atom is -0.385 e. The van der Waals surface area contributed by atoms with Crippen LogP contribution in [0.1, 0.15) is 43.2 Å². The van der Waals surface area contributed by atoms with Crippen LogP contribution in [0.5, 0.6) is 0 Å². The van der Waals surface area contributed by atoms with Crippen molar-refractivity contribution in [2.45, 2.75) is 44.6 Å². The van der Waals surface area contributed by atoms with Gasteiger partial charge < -0.3 is 15.2 Å². The number of rotatable bonds is 7. The molecule has 1 saturated heterocycles. The SMILES string of the molecule is COCCCC[C@@](O)(c1cccc(Cl)c1C)[C@@H]1CCCNC1. The number of halogens is 1. The molecule has 0 aromatic heterocycles. The van der Waals surface area contributed by atoms with Crippen LogP contribution in [0, 0.1) is 12.8 Å². The molecule has 0 amide bonds. The van der Waals surface area contributed by atoms with Crippen LogP contribution in [0.15, 0.2) is 18.2 Å². The summed E-state index contributed by atoms with van der Waals surface area (Å²) < 4.78 is 5.14. The van der Waals surface area contributed by atoms with Crippen LogP contribution in [-0.2, 0) is 10.3 Å². The maximum absolute atomic E-state index is 11.6. The maximum atomic E-state index is 11.6. The van der Waals surface area contributed by atoms with Crippen molar-refractivity contribution < 1.29 is 9.84 Å². The first-order valence-corrected chi connectivity index (χ1v) is 8.65. The highest BCUT2D eigenvalue weighted by Gasteiger charge is 2.39. The van der Waals surface area contributed by atoms with Crippen molar-refractivity contribution in [3.05, 3.63) is 34.3 Å². The smallest absolute Gasteiger partial charge is 0.0939 e. The van der Waals surface area contributed by atoms with Crippen LogP contribution in [0.3, 0.4) is 0 Å². The number of piperidine rings is 1. The molecular weight excluding hydrogens is 298 g/mol. The Morgan fingerprint density at radius 1 is 1.41 bits per heavy atom. The van der Waals surface area contributed by atoms with Crippen molar-refractivity contribution >= 4 is 11.6 Å². The summed E-state index contributed by atoms with van der Waals surface area (Å²) in [6, 6.07) is 5.87. The van der Waals surface area contributed by atoms with Gasteiger partial charge in [-0.25, -0.2) is 0 Å². The molecule has 0 spiro atoms. The normalized spacial score (nSPS) is 21.5. The number of nitrogens with one attached hydrogen (secondary N) is 1. The summed E-state index contributed by atoms with van der Waals surface area (Å²) in [7, 11) is 1.72. The van der Waals surface area contributed by atoms with Gasteiger partial charge in [-0.3, -0.25) is 0 Å². The van der Waals surface area contributed by atoms with Gasteiger partial charge >= 0.3 is 0 Å². The summed E-state index contributed by atoms with van der Waals surface area (Å²) in [6.45, 7) is 4.67. The molecule has 22 heavy (non-hydrogen) atoms. The van der Waals surface area contributed by atoms with Crippen molar-refractivity contribution in [3.8, 4) is 0 Å². The highest BCUT2D eigenvalue weighted by molar-refractivity contribution is 6.31. The third-order valence-corrected chi connectivity index (χ3v) is 5.27. The van der Waals surface area contributed by atoms with E-state index in [1.54, 1.807) is 7.11 Å². The van der Waals surface area contributed by atoms with E-state index in [4.69, 9.17) is 16.3 Å². The molecule has 0 saturated carbocycles. The fourth-order valence-electron chi connectivity index (χ4n) is 3.54. The highest BCUT2D eigenvalue weighted by atomic mass is 35.5. The van der Waals surface area contributed by atoms with Crippen LogP contribution in [-0.4, -0.2) is 31.9 Å². The summed E-state index contributed by atoms with van der Waals surface area (Å²) in [5.41, 5.74) is 1.19. The van der Waals surface area contributed by atoms with Gasteiger partial charge in [0.05, 0.1) is 5.60 Å². The zero-order chi connectivity index (χ0) is 16.0. The predicted octanol–water partition coefficient (Wildman–Crippen LogP) is 3.65. The number of hydrogen-bond donors (Lipinski definition) is 2. The second-order valence-electron chi connectivity index (χ2n) is 6.33. The summed E-state index contributed by atoms with van der Waals surface area (Å²) in [4.78, 5) is 0. The average Bonchev–Trinajstić information content (AvgIpc) is 2.55. The molecule has 1 aromatic carbocycles. The van der Waals surface area contributed by atoms with Crippen LogP contribution in [0.2, 0.25) is 5.02 Å². The van der Waals surface area contributed by atoms with Gasteiger partial charge in [-0.1, -0.05) is 23.7 Å². The van der Waals surface area contributed by atoms with E-state index in [-0.39, 0.29) is 5.92 Å². The fourth-order valence-corrected chi connectivity index (χ4v) is 3.71. The molecule has 1 fully saturated rings. The molecule has 4 heteroatoms. The number of unbranched alkanes of at least 4 members (excludes halogenated alkanes) is 1. The molecule has 2 N–H and O–H groups in total. The van der Waals surface area contributed by atoms with Crippen LogP contribution < -0.4 is 5.32 Å². The van der Waals surface area contributed by atoms with Gasteiger partial charge in [-0.2, -0.15) is 0 Å². The second kappa shape index (κ2) is 8.30. The lowest BCUT2D eigenvalue weighted by Crippen LogP contribution is -2.44. The second-order valence-corrected chi connectivity index (χ2v) is 6.74. The van der Waals surface area contributed by atoms with Gasteiger partial charge in [0.2, 0.25) is 0 Å². The number of methoxy groups -OCH3 is 1. The van der Waals surface area contributed by atoms with Gasteiger partial charge in [0, 0.05) is 31.2 Å². The Morgan fingerprint density at radius 2 is 2.23 bits per heavy atom. The van der Waals surface area contributed by atoms with Crippen molar-refractivity contribution in [2.24, 2.45) is 5.92 Å². The molecule has 1 aromatic rings. The van der Waals surface area contributed by atoms with Gasteiger partial charge in [0.15, 0.2) is 0 Å². The lowest BCUT2D eigenvalue weighted by Gasteiger charge is -2.40. The maximum Gasteiger partial charge on any atom is 0.0939 e. The van der Waals surface area contributed by atoms with Crippen molar-refractivity contribution in [1.82, 2.24) is 5.32 Å². The third-order valence-electron chi connectivity index (χ3n) is 4.86. The van der Waals surface area contributed by atoms with Gasteiger partial charge in [0.1, 0.15) is 0 Å². The number of hydrogen-bond acceptors (Lipinski definition) is 3. The van der Waals surface area contributed by atoms with E-state index in [0.29, 0.717) is 0 Å². The Bertz CT molecular complexity index is 474. The Kier molecular flexibility index (Phi) is 6.69. The first-order chi connectivity index (χ1) is 10.6. The van der Waals surface area contributed by atoms with Gasteiger partial charge in [-0.05, 0) is 62.8 Å². The first-order valence-electron chi connectivity index (χ1n) is 8.27. The molecule has 3 nitrogen and oxygen atoms in total.